The van der Waals surface area contributed by atoms with Gasteiger partial charge in [0.1, 0.15) is 11.6 Å². The van der Waals surface area contributed by atoms with Gasteiger partial charge in [-0.05, 0) is 18.2 Å². The number of para-hydroxylation sites is 1. The Balaban J connectivity index is 2.45. The molecular weight excluding hydrogens is 280 g/mol. The lowest BCUT2D eigenvalue weighted by atomic mass is 9.99. The van der Waals surface area contributed by atoms with Crippen LogP contribution in [0.25, 0.3) is 22.2 Å². The van der Waals surface area contributed by atoms with Crippen LogP contribution >= 0.6 is 0 Å². The summed E-state index contributed by atoms with van der Waals surface area (Å²) in [5.41, 5.74) is 0.629. The van der Waals surface area contributed by atoms with Gasteiger partial charge in [-0.15, -0.1) is 0 Å². The van der Waals surface area contributed by atoms with Gasteiger partial charge >= 0.3 is 5.97 Å². The Morgan fingerprint density at radius 1 is 1.09 bits per heavy atom. The minimum atomic E-state index is -1.12. The van der Waals surface area contributed by atoms with Crippen LogP contribution in [0.4, 0.5) is 0 Å². The third-order valence-corrected chi connectivity index (χ3v) is 3.45. The van der Waals surface area contributed by atoms with Gasteiger partial charge in [0.15, 0.2) is 0 Å². The number of H-pyrrole nitrogens is 1. The van der Waals surface area contributed by atoms with Crippen LogP contribution in [0.5, 0.6) is 0 Å². The second kappa shape index (κ2) is 5.19. The highest BCUT2D eigenvalue weighted by molar-refractivity contribution is 5.97. The summed E-state index contributed by atoms with van der Waals surface area (Å²) < 4.78 is 0. The maximum Gasteiger partial charge on any atom is 0.336 e. The number of benzene rings is 2. The number of pyridine rings is 1. The first-order valence-corrected chi connectivity index (χ1v) is 6.51. The fraction of sp³-hybridized carbons (Fsp3) is 0. The third kappa shape index (κ3) is 2.03. The number of aromatic amines is 1. The molecule has 0 aliphatic heterocycles. The molecule has 0 saturated carbocycles. The molecule has 22 heavy (non-hydrogen) atoms. The van der Waals surface area contributed by atoms with Crippen molar-refractivity contribution in [1.82, 2.24) is 4.98 Å². The summed E-state index contributed by atoms with van der Waals surface area (Å²) in [7, 11) is 0. The SMILES string of the molecule is N#Cc1c(-c2ccccc2C(=O)O)[nH]c2ccccc2c1=O. The van der Waals surface area contributed by atoms with E-state index >= 15 is 0 Å². The van der Waals surface area contributed by atoms with E-state index in [4.69, 9.17) is 0 Å². The minimum absolute atomic E-state index is 0.0323. The number of carbonyl (C=O) groups is 1. The zero-order valence-corrected chi connectivity index (χ0v) is 11.3. The Morgan fingerprint density at radius 3 is 2.50 bits per heavy atom. The van der Waals surface area contributed by atoms with Crippen LogP contribution in [0.1, 0.15) is 15.9 Å². The lowest BCUT2D eigenvalue weighted by Crippen LogP contribution is -2.11. The quantitative estimate of drug-likeness (QED) is 0.758. The molecule has 106 valence electrons. The van der Waals surface area contributed by atoms with E-state index in [0.29, 0.717) is 16.5 Å². The molecule has 2 aromatic carbocycles. The second-order valence-corrected chi connectivity index (χ2v) is 4.71. The molecule has 0 unspecified atom stereocenters. The van der Waals surface area contributed by atoms with Crippen LogP contribution in [0.3, 0.4) is 0 Å². The number of nitrogens with zero attached hydrogens (tertiary/aromatic N) is 1. The average molecular weight is 290 g/mol. The second-order valence-electron chi connectivity index (χ2n) is 4.71. The summed E-state index contributed by atoms with van der Waals surface area (Å²) in [5.74, 6) is -1.12. The summed E-state index contributed by atoms with van der Waals surface area (Å²) >= 11 is 0. The molecule has 5 nitrogen and oxygen atoms in total. The molecule has 5 heteroatoms. The predicted molar refractivity (Wildman–Crippen MR) is 81.7 cm³/mol. The number of fused-ring (bicyclic) bond motifs is 1. The Kier molecular flexibility index (Phi) is 3.20. The maximum atomic E-state index is 12.4. The summed E-state index contributed by atoms with van der Waals surface area (Å²) in [6, 6.07) is 15.0. The highest BCUT2D eigenvalue weighted by Gasteiger charge is 2.18. The van der Waals surface area contributed by atoms with Gasteiger partial charge in [-0.25, -0.2) is 4.79 Å². The van der Waals surface area contributed by atoms with Gasteiger partial charge in [-0.1, -0.05) is 30.3 Å². The van der Waals surface area contributed by atoms with E-state index in [9.17, 15) is 20.0 Å². The van der Waals surface area contributed by atoms with Gasteiger partial charge in [0.05, 0.1) is 11.3 Å². The number of hydrogen-bond acceptors (Lipinski definition) is 3. The van der Waals surface area contributed by atoms with Gasteiger partial charge in [-0.3, -0.25) is 4.79 Å². The normalized spacial score (nSPS) is 10.3. The van der Waals surface area contributed by atoms with Crippen molar-refractivity contribution in [3.8, 4) is 17.3 Å². The Morgan fingerprint density at radius 2 is 1.77 bits per heavy atom. The Hall–Kier alpha value is -3.39. The zero-order valence-electron chi connectivity index (χ0n) is 11.3. The van der Waals surface area contributed by atoms with Crippen molar-refractivity contribution < 1.29 is 9.90 Å². The van der Waals surface area contributed by atoms with E-state index in [1.807, 2.05) is 6.07 Å². The molecule has 0 saturated heterocycles. The topological polar surface area (TPSA) is 93.9 Å². The van der Waals surface area contributed by atoms with E-state index in [-0.39, 0.29) is 16.8 Å². The van der Waals surface area contributed by atoms with Crippen molar-refractivity contribution in [2.75, 3.05) is 0 Å². The molecule has 1 heterocycles. The molecular formula is C17H10N2O3. The number of carboxylic acids is 1. The molecule has 3 rings (SSSR count). The lowest BCUT2D eigenvalue weighted by Gasteiger charge is -2.09. The van der Waals surface area contributed by atoms with Crippen LogP contribution in [0.2, 0.25) is 0 Å². The number of carboxylic acid groups (broad SMARTS) is 1. The van der Waals surface area contributed by atoms with Gasteiger partial charge in [-0.2, -0.15) is 5.26 Å². The molecule has 0 radical (unpaired) electrons. The fourth-order valence-electron chi connectivity index (χ4n) is 2.43. The van der Waals surface area contributed by atoms with Crippen molar-refractivity contribution >= 4 is 16.9 Å². The number of aromatic carboxylic acids is 1. The molecule has 0 atom stereocenters. The first-order valence-electron chi connectivity index (χ1n) is 6.51. The van der Waals surface area contributed by atoms with Crippen molar-refractivity contribution in [3.05, 3.63) is 69.9 Å². The summed E-state index contributed by atoms with van der Waals surface area (Å²) in [6.07, 6.45) is 0. The van der Waals surface area contributed by atoms with E-state index in [1.54, 1.807) is 42.5 Å². The molecule has 0 amide bonds. The summed E-state index contributed by atoms with van der Waals surface area (Å²) in [6.45, 7) is 0. The molecule has 0 bridgehead atoms. The number of aromatic nitrogens is 1. The standard InChI is InChI=1S/C17H10N2O3/c18-9-13-15(10-5-1-2-6-11(10)17(21)22)19-14-8-4-3-7-12(14)16(13)20/h1-8H,(H,19,20)(H,21,22). The average Bonchev–Trinajstić information content (AvgIpc) is 2.54. The summed E-state index contributed by atoms with van der Waals surface area (Å²) in [4.78, 5) is 26.8. The zero-order chi connectivity index (χ0) is 15.7. The van der Waals surface area contributed by atoms with Gasteiger partial charge in [0.25, 0.3) is 0 Å². The van der Waals surface area contributed by atoms with E-state index in [2.05, 4.69) is 4.98 Å². The van der Waals surface area contributed by atoms with Crippen molar-refractivity contribution in [2.45, 2.75) is 0 Å². The van der Waals surface area contributed by atoms with Crippen LogP contribution in [0, 0.1) is 11.3 Å². The molecule has 0 aliphatic carbocycles. The first kappa shape index (κ1) is 13.6. The van der Waals surface area contributed by atoms with Crippen LogP contribution < -0.4 is 5.43 Å². The Labute approximate surface area is 125 Å². The largest absolute Gasteiger partial charge is 0.478 e. The molecule has 0 spiro atoms. The van der Waals surface area contributed by atoms with Crippen molar-refractivity contribution in [2.24, 2.45) is 0 Å². The summed E-state index contributed by atoms with van der Waals surface area (Å²) in [5, 5.41) is 19.0. The minimum Gasteiger partial charge on any atom is -0.478 e. The lowest BCUT2D eigenvalue weighted by molar-refractivity contribution is 0.0697. The maximum absolute atomic E-state index is 12.4. The smallest absolute Gasteiger partial charge is 0.336 e. The van der Waals surface area contributed by atoms with Crippen LogP contribution in [-0.2, 0) is 0 Å². The number of rotatable bonds is 2. The van der Waals surface area contributed by atoms with Gasteiger partial charge in [0, 0.05) is 16.5 Å². The van der Waals surface area contributed by atoms with E-state index < -0.39 is 11.4 Å². The van der Waals surface area contributed by atoms with Crippen LogP contribution in [0.15, 0.2) is 53.3 Å². The molecule has 0 fully saturated rings. The van der Waals surface area contributed by atoms with Gasteiger partial charge < -0.3 is 10.1 Å². The molecule has 2 N–H and O–H groups in total. The molecule has 1 aromatic heterocycles. The van der Waals surface area contributed by atoms with Gasteiger partial charge in [0.2, 0.25) is 5.43 Å². The highest BCUT2D eigenvalue weighted by Crippen LogP contribution is 2.25. The number of hydrogen-bond donors (Lipinski definition) is 2. The van der Waals surface area contributed by atoms with Crippen LogP contribution in [-0.4, -0.2) is 16.1 Å². The van der Waals surface area contributed by atoms with E-state index in [1.165, 1.54) is 6.07 Å². The monoisotopic (exact) mass is 290 g/mol. The first-order chi connectivity index (χ1) is 10.6. The number of nitriles is 1. The van der Waals surface area contributed by atoms with Crippen molar-refractivity contribution in [1.29, 1.82) is 5.26 Å². The fourth-order valence-corrected chi connectivity index (χ4v) is 2.43. The third-order valence-electron chi connectivity index (χ3n) is 3.45. The van der Waals surface area contributed by atoms with Crippen molar-refractivity contribution in [3.63, 3.8) is 0 Å². The Bertz CT molecular complexity index is 997. The van der Waals surface area contributed by atoms with E-state index in [0.717, 1.165) is 0 Å². The molecule has 0 aliphatic rings. The molecule has 3 aromatic rings. The number of nitrogens with one attached hydrogen (secondary N) is 1. The predicted octanol–water partition coefficient (Wildman–Crippen LogP) is 2.76. The highest BCUT2D eigenvalue weighted by atomic mass is 16.4.